The number of thiazole rings is 1. The summed E-state index contributed by atoms with van der Waals surface area (Å²) in [6.45, 7) is 10.2. The molecule has 0 bridgehead atoms. The molecule has 8 heteroatoms. The summed E-state index contributed by atoms with van der Waals surface area (Å²) < 4.78 is 5.12. The molecule has 1 aromatic heterocycles. The Labute approximate surface area is 166 Å². The molecule has 5 atom stereocenters. The molecule has 0 saturated carbocycles. The van der Waals surface area contributed by atoms with Gasteiger partial charge in [-0.05, 0) is 18.8 Å². The molecule has 0 aliphatic heterocycles. The third kappa shape index (κ3) is 6.50. The maximum Gasteiger partial charge on any atom is 0.239 e. The summed E-state index contributed by atoms with van der Waals surface area (Å²) in [5.41, 5.74) is 6.50. The Balaban J connectivity index is 2.85. The van der Waals surface area contributed by atoms with E-state index in [1.54, 1.807) is 24.3 Å². The van der Waals surface area contributed by atoms with Crippen molar-refractivity contribution in [3.63, 3.8) is 0 Å². The van der Waals surface area contributed by atoms with Gasteiger partial charge in [-0.15, -0.1) is 11.3 Å². The Morgan fingerprint density at radius 2 is 1.96 bits per heavy atom. The molecule has 0 aliphatic carbocycles. The molecular weight excluding hydrogens is 366 g/mol. The molecule has 1 rings (SSSR count). The standard InChI is InChI=1S/C19H35N3O4S/c1-7-12(5)16(20)18(24)22(6)14(11(3)4)9-15(23)17-21-13(10-27-17)19(25)26-8-2/h10-12,14-16,19,23,25H,7-9,20H2,1-6H3/t12-,14+,15+,16-,19?/m0/s1. The zero-order valence-electron chi connectivity index (χ0n) is 17.3. The normalized spacial score (nSPS) is 17.4. The number of carbonyl (C=O) groups is 1. The molecule has 0 saturated heterocycles. The van der Waals surface area contributed by atoms with Crippen LogP contribution in [0.3, 0.4) is 0 Å². The number of nitrogens with zero attached hydrogens (tertiary/aromatic N) is 2. The maximum absolute atomic E-state index is 12.7. The number of hydrogen-bond acceptors (Lipinski definition) is 7. The first kappa shape index (κ1) is 24.0. The number of ether oxygens (including phenoxy) is 1. The Hall–Kier alpha value is -1.06. The van der Waals surface area contributed by atoms with Crippen molar-refractivity contribution >= 4 is 17.2 Å². The van der Waals surface area contributed by atoms with E-state index in [1.807, 2.05) is 27.7 Å². The number of carbonyl (C=O) groups excluding carboxylic acids is 1. The van der Waals surface area contributed by atoms with E-state index < -0.39 is 18.4 Å². The Bertz CT molecular complexity index is 581. The van der Waals surface area contributed by atoms with Crippen LogP contribution < -0.4 is 5.73 Å². The van der Waals surface area contributed by atoms with Crippen molar-refractivity contribution in [2.75, 3.05) is 13.7 Å². The molecule has 1 aromatic rings. The largest absolute Gasteiger partial charge is 0.386 e. The molecule has 4 N–H and O–H groups in total. The molecule has 1 heterocycles. The van der Waals surface area contributed by atoms with Crippen molar-refractivity contribution in [2.45, 2.75) is 71.9 Å². The molecule has 156 valence electrons. The van der Waals surface area contributed by atoms with Crippen LogP contribution in [-0.2, 0) is 9.53 Å². The molecule has 0 spiro atoms. The summed E-state index contributed by atoms with van der Waals surface area (Å²) in [5, 5.41) is 22.7. The smallest absolute Gasteiger partial charge is 0.239 e. The van der Waals surface area contributed by atoms with E-state index in [9.17, 15) is 15.0 Å². The fraction of sp³-hybridized carbons (Fsp3) is 0.789. The van der Waals surface area contributed by atoms with Crippen molar-refractivity contribution in [3.8, 4) is 0 Å². The monoisotopic (exact) mass is 401 g/mol. The lowest BCUT2D eigenvalue weighted by Crippen LogP contribution is -2.51. The zero-order chi connectivity index (χ0) is 20.7. The van der Waals surface area contributed by atoms with Gasteiger partial charge in [0.25, 0.3) is 0 Å². The second kappa shape index (κ2) is 11.1. The van der Waals surface area contributed by atoms with E-state index in [1.165, 1.54) is 11.3 Å². The lowest BCUT2D eigenvalue weighted by Gasteiger charge is -2.35. The molecule has 27 heavy (non-hydrogen) atoms. The number of aliphatic hydroxyl groups excluding tert-OH is 2. The van der Waals surface area contributed by atoms with Crippen LogP contribution in [0.25, 0.3) is 0 Å². The van der Waals surface area contributed by atoms with Gasteiger partial charge < -0.3 is 25.6 Å². The Morgan fingerprint density at radius 3 is 2.48 bits per heavy atom. The highest BCUT2D eigenvalue weighted by molar-refractivity contribution is 7.09. The van der Waals surface area contributed by atoms with Crippen LogP contribution in [0.2, 0.25) is 0 Å². The van der Waals surface area contributed by atoms with Gasteiger partial charge >= 0.3 is 0 Å². The molecule has 0 aromatic carbocycles. The van der Waals surface area contributed by atoms with Crippen molar-refractivity contribution < 1.29 is 19.7 Å². The average Bonchev–Trinajstić information content (AvgIpc) is 3.13. The Kier molecular flexibility index (Phi) is 9.83. The molecular formula is C19H35N3O4S. The van der Waals surface area contributed by atoms with Crippen LogP contribution in [0.15, 0.2) is 5.38 Å². The number of aromatic nitrogens is 1. The van der Waals surface area contributed by atoms with Crippen molar-refractivity contribution in [1.82, 2.24) is 9.88 Å². The summed E-state index contributed by atoms with van der Waals surface area (Å²) in [7, 11) is 1.74. The van der Waals surface area contributed by atoms with Crippen LogP contribution in [0.4, 0.5) is 0 Å². The predicted molar refractivity (Wildman–Crippen MR) is 107 cm³/mol. The van der Waals surface area contributed by atoms with E-state index in [0.717, 1.165) is 6.42 Å². The molecule has 7 nitrogen and oxygen atoms in total. The van der Waals surface area contributed by atoms with E-state index in [4.69, 9.17) is 10.5 Å². The van der Waals surface area contributed by atoms with Crippen LogP contribution in [0.5, 0.6) is 0 Å². The van der Waals surface area contributed by atoms with Gasteiger partial charge in [-0.3, -0.25) is 4.79 Å². The van der Waals surface area contributed by atoms with Crippen LogP contribution in [-0.4, -0.2) is 51.7 Å². The minimum atomic E-state index is -1.09. The number of aliphatic hydroxyl groups is 2. The summed E-state index contributed by atoms with van der Waals surface area (Å²) in [4.78, 5) is 18.7. The van der Waals surface area contributed by atoms with Crippen molar-refractivity contribution in [3.05, 3.63) is 16.1 Å². The first-order valence-electron chi connectivity index (χ1n) is 9.59. The minimum absolute atomic E-state index is 0.0965. The van der Waals surface area contributed by atoms with E-state index in [0.29, 0.717) is 23.7 Å². The second-order valence-corrected chi connectivity index (χ2v) is 8.23. The van der Waals surface area contributed by atoms with Crippen LogP contribution in [0, 0.1) is 11.8 Å². The van der Waals surface area contributed by atoms with E-state index >= 15 is 0 Å². The Morgan fingerprint density at radius 1 is 1.33 bits per heavy atom. The van der Waals surface area contributed by atoms with Gasteiger partial charge in [0.05, 0.1) is 6.04 Å². The quantitative estimate of drug-likeness (QED) is 0.492. The first-order valence-corrected chi connectivity index (χ1v) is 10.5. The SMILES string of the molecule is CCOC(O)c1csc([C@H](O)C[C@H](C(C)C)N(C)C(=O)[C@@H](N)[C@@H](C)CC)n1. The summed E-state index contributed by atoms with van der Waals surface area (Å²) in [6, 6.07) is -0.724. The van der Waals surface area contributed by atoms with Crippen LogP contribution >= 0.6 is 11.3 Å². The number of nitrogens with two attached hydrogens (primary N) is 1. The van der Waals surface area contributed by atoms with Gasteiger partial charge in [0.2, 0.25) is 5.91 Å². The number of amides is 1. The molecule has 1 amide bonds. The van der Waals surface area contributed by atoms with Crippen LogP contribution in [0.1, 0.15) is 70.6 Å². The first-order chi connectivity index (χ1) is 12.6. The third-order valence-corrected chi connectivity index (χ3v) is 5.99. The summed E-state index contributed by atoms with van der Waals surface area (Å²) >= 11 is 1.27. The van der Waals surface area contributed by atoms with Gasteiger partial charge in [-0.1, -0.05) is 34.1 Å². The summed E-state index contributed by atoms with van der Waals surface area (Å²) in [5.74, 6) is 0.132. The van der Waals surface area contributed by atoms with Gasteiger partial charge in [0.15, 0.2) is 6.29 Å². The van der Waals surface area contributed by atoms with Gasteiger partial charge in [0, 0.05) is 31.5 Å². The fourth-order valence-electron chi connectivity index (χ4n) is 2.91. The average molecular weight is 402 g/mol. The molecule has 0 radical (unpaired) electrons. The van der Waals surface area contributed by atoms with Gasteiger partial charge in [-0.25, -0.2) is 4.98 Å². The third-order valence-electron chi connectivity index (χ3n) is 5.02. The highest BCUT2D eigenvalue weighted by Gasteiger charge is 2.31. The number of rotatable bonds is 11. The fourth-order valence-corrected chi connectivity index (χ4v) is 3.74. The van der Waals surface area contributed by atoms with Gasteiger partial charge in [-0.2, -0.15) is 0 Å². The van der Waals surface area contributed by atoms with Crippen molar-refractivity contribution in [2.24, 2.45) is 17.6 Å². The lowest BCUT2D eigenvalue weighted by molar-refractivity contribution is -0.136. The van der Waals surface area contributed by atoms with Gasteiger partial charge in [0.1, 0.15) is 16.8 Å². The van der Waals surface area contributed by atoms with E-state index in [2.05, 4.69) is 4.98 Å². The highest BCUT2D eigenvalue weighted by Crippen LogP contribution is 2.29. The van der Waals surface area contributed by atoms with E-state index in [-0.39, 0.29) is 23.8 Å². The topological polar surface area (TPSA) is 109 Å². The predicted octanol–water partition coefficient (Wildman–Crippen LogP) is 2.45. The second-order valence-electron chi connectivity index (χ2n) is 7.34. The lowest BCUT2D eigenvalue weighted by atomic mass is 9.93. The number of hydrogen-bond donors (Lipinski definition) is 3. The zero-order valence-corrected chi connectivity index (χ0v) is 18.1. The molecule has 0 fully saturated rings. The highest BCUT2D eigenvalue weighted by atomic mass is 32.1. The van der Waals surface area contributed by atoms with Crippen molar-refractivity contribution in [1.29, 1.82) is 0 Å². The summed E-state index contributed by atoms with van der Waals surface area (Å²) in [6.07, 6.45) is -0.740. The number of likely N-dealkylation sites (N-methyl/N-ethyl adjacent to an activating group) is 1. The maximum atomic E-state index is 12.7. The minimum Gasteiger partial charge on any atom is -0.386 e. The molecule has 0 aliphatic rings. The molecule has 1 unspecified atom stereocenters.